The van der Waals surface area contributed by atoms with Crippen LogP contribution >= 0.6 is 11.6 Å². The summed E-state index contributed by atoms with van der Waals surface area (Å²) in [5.41, 5.74) is 0.0853. The van der Waals surface area contributed by atoms with Gasteiger partial charge in [-0.2, -0.15) is 0 Å². The Morgan fingerprint density at radius 3 is 2.83 bits per heavy atom. The maximum Gasteiger partial charge on any atom is 0.337 e. The second-order valence-corrected chi connectivity index (χ2v) is 4.98. The van der Waals surface area contributed by atoms with Crippen LogP contribution in [0.2, 0.25) is 5.02 Å². The first kappa shape index (κ1) is 13.1. The molecule has 1 aliphatic rings. The zero-order valence-electron chi connectivity index (χ0n) is 10.2. The summed E-state index contributed by atoms with van der Waals surface area (Å²) in [6, 6.07) is 1.83. The number of aromatic nitrogens is 1. The third-order valence-electron chi connectivity index (χ3n) is 3.16. The summed E-state index contributed by atoms with van der Waals surface area (Å²) in [5, 5.41) is 12.4. The van der Waals surface area contributed by atoms with E-state index in [9.17, 15) is 4.79 Å². The van der Waals surface area contributed by atoms with Crippen molar-refractivity contribution < 1.29 is 9.90 Å². The minimum absolute atomic E-state index is 0.0853. The maximum absolute atomic E-state index is 11.0. The average Bonchev–Trinajstić information content (AvgIpc) is 2.34. The molecule has 2 rings (SSSR count). The zero-order valence-corrected chi connectivity index (χ0v) is 10.9. The molecule has 0 unspecified atom stereocenters. The van der Waals surface area contributed by atoms with Crippen LogP contribution in [0.15, 0.2) is 12.3 Å². The van der Waals surface area contributed by atoms with Crippen molar-refractivity contribution in [3.05, 3.63) is 22.8 Å². The molecule has 0 spiro atoms. The van der Waals surface area contributed by atoms with Crippen molar-refractivity contribution in [1.82, 2.24) is 9.88 Å². The number of aromatic carboxylic acids is 1. The van der Waals surface area contributed by atoms with Gasteiger partial charge in [0.25, 0.3) is 0 Å². The Labute approximate surface area is 111 Å². The smallest absolute Gasteiger partial charge is 0.337 e. The lowest BCUT2D eigenvalue weighted by atomic mass is 10.1. The number of hydrogen-bond donors (Lipinski definition) is 2. The van der Waals surface area contributed by atoms with E-state index >= 15 is 0 Å². The number of carbonyl (C=O) groups is 1. The molecule has 1 aliphatic heterocycles. The number of nitrogens with zero attached hydrogens (tertiary/aromatic N) is 2. The number of likely N-dealkylation sites (tertiary alicyclic amines) is 1. The van der Waals surface area contributed by atoms with Crippen LogP contribution in [0, 0.1) is 0 Å². The number of anilines is 1. The topological polar surface area (TPSA) is 65.5 Å². The molecule has 0 radical (unpaired) electrons. The molecular formula is C12H16ClN3O2. The minimum Gasteiger partial charge on any atom is -0.478 e. The fourth-order valence-electron chi connectivity index (χ4n) is 2.04. The number of carboxylic acids is 1. The van der Waals surface area contributed by atoms with E-state index in [0.717, 1.165) is 25.9 Å². The van der Waals surface area contributed by atoms with Crippen LogP contribution in [0.1, 0.15) is 23.2 Å². The average molecular weight is 270 g/mol. The molecule has 0 atom stereocenters. The summed E-state index contributed by atoms with van der Waals surface area (Å²) in [5.74, 6) is -0.458. The van der Waals surface area contributed by atoms with Gasteiger partial charge in [-0.3, -0.25) is 0 Å². The molecule has 18 heavy (non-hydrogen) atoms. The monoisotopic (exact) mass is 269 g/mol. The van der Waals surface area contributed by atoms with Crippen molar-refractivity contribution in [2.24, 2.45) is 0 Å². The fourth-order valence-corrected chi connectivity index (χ4v) is 2.23. The standard InChI is InChI=1S/C12H16ClN3O2/c1-16-4-2-8(3-5-16)15-11-6-9(12(17)18)10(13)7-14-11/h6-8H,2-5H2,1H3,(H,14,15)(H,17,18). The van der Waals surface area contributed by atoms with Crippen LogP contribution in [0.25, 0.3) is 0 Å². The quantitative estimate of drug-likeness (QED) is 0.878. The summed E-state index contributed by atoms with van der Waals surface area (Å²) >= 11 is 5.78. The molecule has 1 aromatic heterocycles. The molecule has 0 bridgehead atoms. The van der Waals surface area contributed by atoms with Crippen molar-refractivity contribution in [2.75, 3.05) is 25.5 Å². The van der Waals surface area contributed by atoms with Crippen LogP contribution in [-0.4, -0.2) is 47.1 Å². The van der Waals surface area contributed by atoms with Gasteiger partial charge in [0, 0.05) is 12.2 Å². The summed E-state index contributed by atoms with van der Waals surface area (Å²) in [4.78, 5) is 17.4. The van der Waals surface area contributed by atoms with Crippen molar-refractivity contribution in [3.63, 3.8) is 0 Å². The third-order valence-corrected chi connectivity index (χ3v) is 3.46. The molecule has 1 saturated heterocycles. The van der Waals surface area contributed by atoms with E-state index in [0.29, 0.717) is 11.9 Å². The SMILES string of the molecule is CN1CCC(Nc2cc(C(=O)O)c(Cl)cn2)CC1. The lowest BCUT2D eigenvalue weighted by Gasteiger charge is -2.29. The van der Waals surface area contributed by atoms with E-state index in [1.54, 1.807) is 0 Å². The van der Waals surface area contributed by atoms with Crippen molar-refractivity contribution in [1.29, 1.82) is 0 Å². The van der Waals surface area contributed by atoms with Crippen LogP contribution in [0.5, 0.6) is 0 Å². The van der Waals surface area contributed by atoms with Crippen LogP contribution < -0.4 is 5.32 Å². The Bertz CT molecular complexity index is 445. The van der Waals surface area contributed by atoms with Crippen molar-refractivity contribution in [3.8, 4) is 0 Å². The third kappa shape index (κ3) is 3.11. The van der Waals surface area contributed by atoms with E-state index in [1.165, 1.54) is 12.3 Å². The molecule has 1 aromatic rings. The van der Waals surface area contributed by atoms with Gasteiger partial charge in [0.05, 0.1) is 10.6 Å². The Morgan fingerprint density at radius 2 is 2.22 bits per heavy atom. The lowest BCUT2D eigenvalue weighted by molar-refractivity contribution is 0.0697. The van der Waals surface area contributed by atoms with Gasteiger partial charge in [-0.1, -0.05) is 11.6 Å². The molecule has 0 aliphatic carbocycles. The Hall–Kier alpha value is -1.33. The van der Waals surface area contributed by atoms with Crippen molar-refractivity contribution >= 4 is 23.4 Å². The number of halogens is 1. The highest BCUT2D eigenvalue weighted by molar-refractivity contribution is 6.33. The Kier molecular flexibility index (Phi) is 4.04. The van der Waals surface area contributed by atoms with Crippen molar-refractivity contribution in [2.45, 2.75) is 18.9 Å². The molecular weight excluding hydrogens is 254 g/mol. The van der Waals surface area contributed by atoms with Gasteiger partial charge in [0.1, 0.15) is 5.82 Å². The first-order valence-electron chi connectivity index (χ1n) is 5.90. The molecule has 0 aromatic carbocycles. The highest BCUT2D eigenvalue weighted by Gasteiger charge is 2.18. The summed E-state index contributed by atoms with van der Waals surface area (Å²) in [6.07, 6.45) is 3.44. The molecule has 0 saturated carbocycles. The summed E-state index contributed by atoms with van der Waals surface area (Å²) in [7, 11) is 2.10. The fraction of sp³-hybridized carbons (Fsp3) is 0.500. The van der Waals surface area contributed by atoms with Crippen LogP contribution in [-0.2, 0) is 0 Å². The van der Waals surface area contributed by atoms with E-state index in [4.69, 9.17) is 16.7 Å². The maximum atomic E-state index is 11.0. The number of piperidine rings is 1. The second-order valence-electron chi connectivity index (χ2n) is 4.58. The Morgan fingerprint density at radius 1 is 1.56 bits per heavy atom. The molecule has 98 valence electrons. The lowest BCUT2D eigenvalue weighted by Crippen LogP contribution is -2.36. The minimum atomic E-state index is -1.03. The van der Waals surface area contributed by atoms with Crippen LogP contribution in [0.3, 0.4) is 0 Å². The van der Waals surface area contributed by atoms with Gasteiger partial charge in [0.15, 0.2) is 0 Å². The molecule has 6 heteroatoms. The van der Waals surface area contributed by atoms with E-state index < -0.39 is 5.97 Å². The van der Waals surface area contributed by atoms with E-state index in [-0.39, 0.29) is 10.6 Å². The van der Waals surface area contributed by atoms with Gasteiger partial charge in [-0.05, 0) is 39.0 Å². The number of nitrogens with one attached hydrogen (secondary N) is 1. The van der Waals surface area contributed by atoms with Gasteiger partial charge in [0.2, 0.25) is 0 Å². The van der Waals surface area contributed by atoms with Gasteiger partial charge in [-0.25, -0.2) is 9.78 Å². The number of hydrogen-bond acceptors (Lipinski definition) is 4. The van der Waals surface area contributed by atoms with E-state index in [2.05, 4.69) is 22.2 Å². The summed E-state index contributed by atoms with van der Waals surface area (Å²) < 4.78 is 0. The highest BCUT2D eigenvalue weighted by atomic mass is 35.5. The molecule has 1 fully saturated rings. The zero-order chi connectivity index (χ0) is 13.1. The summed E-state index contributed by atoms with van der Waals surface area (Å²) in [6.45, 7) is 2.08. The molecule has 2 N–H and O–H groups in total. The molecule has 0 amide bonds. The molecule has 2 heterocycles. The largest absolute Gasteiger partial charge is 0.478 e. The molecule has 5 nitrogen and oxygen atoms in total. The van der Waals surface area contributed by atoms with Gasteiger partial charge in [-0.15, -0.1) is 0 Å². The first-order valence-corrected chi connectivity index (χ1v) is 6.28. The van der Waals surface area contributed by atoms with Crippen LogP contribution in [0.4, 0.5) is 5.82 Å². The normalized spacial score (nSPS) is 17.7. The predicted molar refractivity (Wildman–Crippen MR) is 70.3 cm³/mol. The van der Waals surface area contributed by atoms with Gasteiger partial charge < -0.3 is 15.3 Å². The predicted octanol–water partition coefficient (Wildman–Crippen LogP) is 1.94. The van der Waals surface area contributed by atoms with Gasteiger partial charge >= 0.3 is 5.97 Å². The Balaban J connectivity index is 2.05. The number of rotatable bonds is 3. The number of pyridine rings is 1. The highest BCUT2D eigenvalue weighted by Crippen LogP contribution is 2.20. The first-order chi connectivity index (χ1) is 8.56. The second kappa shape index (κ2) is 5.54. The van der Waals surface area contributed by atoms with E-state index in [1.807, 2.05) is 0 Å². The number of carboxylic acid groups (broad SMARTS) is 1.